The Bertz CT molecular complexity index is 471. The van der Waals surface area contributed by atoms with Gasteiger partial charge < -0.3 is 10.0 Å². The van der Waals surface area contributed by atoms with Gasteiger partial charge in [0.15, 0.2) is 0 Å². The summed E-state index contributed by atoms with van der Waals surface area (Å²) in [5.41, 5.74) is 1.71. The lowest BCUT2D eigenvalue weighted by atomic mass is 9.97. The van der Waals surface area contributed by atoms with E-state index >= 15 is 0 Å². The molecule has 96 valence electrons. The number of hydrogen-bond donors (Lipinski definition) is 1. The van der Waals surface area contributed by atoms with Gasteiger partial charge in [-0.25, -0.2) is 4.79 Å². The van der Waals surface area contributed by atoms with Crippen LogP contribution in [0.4, 0.5) is 4.79 Å². The van der Waals surface area contributed by atoms with Gasteiger partial charge in [0.25, 0.3) is 0 Å². The molecule has 0 saturated carbocycles. The molecule has 1 rings (SSSR count). The molecule has 3 nitrogen and oxygen atoms in total. The third kappa shape index (κ3) is 3.14. The second-order valence-electron chi connectivity index (χ2n) is 3.91. The highest BCUT2D eigenvalue weighted by Gasteiger charge is 2.21. The van der Waals surface area contributed by atoms with Crippen molar-refractivity contribution < 1.29 is 9.90 Å². The molecule has 0 aliphatic heterocycles. The number of nitrogens with zero attached hydrogens (tertiary/aromatic N) is 1. The Morgan fingerprint density at radius 1 is 1.56 bits per heavy atom. The molecule has 0 saturated heterocycles. The first-order valence-electron chi connectivity index (χ1n) is 5.49. The molecule has 1 aromatic rings. The lowest BCUT2D eigenvalue weighted by Gasteiger charge is -2.26. The van der Waals surface area contributed by atoms with Crippen molar-refractivity contribution in [3.63, 3.8) is 0 Å². The molecule has 0 heterocycles. The van der Waals surface area contributed by atoms with Gasteiger partial charge in [-0.05, 0) is 29.7 Å². The van der Waals surface area contributed by atoms with E-state index < -0.39 is 6.09 Å². The summed E-state index contributed by atoms with van der Waals surface area (Å²) in [6.07, 6.45) is 2.93. The van der Waals surface area contributed by atoms with Crippen LogP contribution in [0.3, 0.4) is 0 Å². The van der Waals surface area contributed by atoms with E-state index in [1.807, 2.05) is 6.07 Å². The Morgan fingerprint density at radius 3 is 2.72 bits per heavy atom. The van der Waals surface area contributed by atoms with E-state index in [0.717, 1.165) is 11.1 Å². The van der Waals surface area contributed by atoms with Gasteiger partial charge in [-0.3, -0.25) is 0 Å². The summed E-state index contributed by atoms with van der Waals surface area (Å²) in [6.45, 7) is 7.40. The predicted molar refractivity (Wildman–Crippen MR) is 74.9 cm³/mol. The molecule has 1 unspecified atom stereocenters. The molecule has 18 heavy (non-hydrogen) atoms. The number of carboxylic acid groups (broad SMARTS) is 1. The molecule has 0 aromatic heterocycles. The maximum Gasteiger partial charge on any atom is 0.407 e. The summed E-state index contributed by atoms with van der Waals surface area (Å²) in [4.78, 5) is 12.4. The predicted octanol–water partition coefficient (Wildman–Crippen LogP) is 4.21. The van der Waals surface area contributed by atoms with Crippen molar-refractivity contribution >= 4 is 23.8 Å². The van der Waals surface area contributed by atoms with Crippen LogP contribution in [-0.2, 0) is 0 Å². The van der Waals surface area contributed by atoms with Crippen molar-refractivity contribution in [3.05, 3.63) is 53.6 Å². The second kappa shape index (κ2) is 6.26. The van der Waals surface area contributed by atoms with Crippen molar-refractivity contribution in [1.29, 1.82) is 0 Å². The topological polar surface area (TPSA) is 40.5 Å². The highest BCUT2D eigenvalue weighted by molar-refractivity contribution is 6.30. The fraction of sp³-hybridized carbons (Fsp3) is 0.214. The molecule has 0 aliphatic rings. The second-order valence-corrected chi connectivity index (χ2v) is 4.35. The van der Waals surface area contributed by atoms with Gasteiger partial charge in [0.2, 0.25) is 0 Å². The van der Waals surface area contributed by atoms with Crippen molar-refractivity contribution in [1.82, 2.24) is 4.90 Å². The van der Waals surface area contributed by atoms with Crippen molar-refractivity contribution in [2.24, 2.45) is 0 Å². The third-order valence-electron chi connectivity index (χ3n) is 2.79. The lowest BCUT2D eigenvalue weighted by molar-refractivity contribution is 0.138. The van der Waals surface area contributed by atoms with Gasteiger partial charge >= 0.3 is 6.09 Å². The van der Waals surface area contributed by atoms with E-state index in [-0.39, 0.29) is 6.04 Å². The Hall–Kier alpha value is -1.74. The van der Waals surface area contributed by atoms with E-state index in [4.69, 9.17) is 16.7 Å². The van der Waals surface area contributed by atoms with Gasteiger partial charge in [-0.2, -0.15) is 0 Å². The standard InChI is InChI=1S/C14H16ClNO2/c1-4-6-13(16(3)14(17)18)12-8-7-11(15)9-10(12)5-2/h4-5,7-9,13H,1-2,6H2,3H3,(H,17,18). The SMILES string of the molecule is C=CCC(c1ccc(Cl)cc1C=C)N(C)C(=O)O. The first-order valence-corrected chi connectivity index (χ1v) is 5.87. The van der Waals surface area contributed by atoms with E-state index in [1.165, 1.54) is 11.9 Å². The van der Waals surface area contributed by atoms with Crippen molar-refractivity contribution in [2.75, 3.05) is 7.05 Å². The molecule has 1 aromatic carbocycles. The number of hydrogen-bond acceptors (Lipinski definition) is 1. The molecule has 1 N–H and O–H groups in total. The van der Waals surface area contributed by atoms with Gasteiger partial charge in [0.1, 0.15) is 0 Å². The van der Waals surface area contributed by atoms with Crippen LogP contribution >= 0.6 is 11.6 Å². The largest absolute Gasteiger partial charge is 0.465 e. The summed E-state index contributed by atoms with van der Waals surface area (Å²) < 4.78 is 0. The quantitative estimate of drug-likeness (QED) is 0.810. The Kier molecular flexibility index (Phi) is 4.98. The zero-order valence-electron chi connectivity index (χ0n) is 10.3. The highest BCUT2D eigenvalue weighted by atomic mass is 35.5. The van der Waals surface area contributed by atoms with Gasteiger partial charge in [0.05, 0.1) is 6.04 Å². The fourth-order valence-corrected chi connectivity index (χ4v) is 1.99. The van der Waals surface area contributed by atoms with E-state index in [2.05, 4.69) is 13.2 Å². The minimum atomic E-state index is -0.980. The van der Waals surface area contributed by atoms with E-state index in [1.54, 1.807) is 24.3 Å². The lowest BCUT2D eigenvalue weighted by Crippen LogP contribution is -2.29. The van der Waals surface area contributed by atoms with Crippen LogP contribution in [0, 0.1) is 0 Å². The van der Waals surface area contributed by atoms with Crippen LogP contribution in [0.5, 0.6) is 0 Å². The average molecular weight is 266 g/mol. The maximum absolute atomic E-state index is 11.1. The average Bonchev–Trinajstić information content (AvgIpc) is 2.35. The molecule has 0 fully saturated rings. The zero-order valence-corrected chi connectivity index (χ0v) is 11.0. The first kappa shape index (κ1) is 14.3. The fourth-order valence-electron chi connectivity index (χ4n) is 1.81. The minimum absolute atomic E-state index is 0.287. The van der Waals surface area contributed by atoms with Crippen LogP contribution < -0.4 is 0 Å². The molecule has 4 heteroatoms. The van der Waals surface area contributed by atoms with Crippen LogP contribution in [0.15, 0.2) is 37.4 Å². The Labute approximate surface area is 112 Å². The Morgan fingerprint density at radius 2 is 2.22 bits per heavy atom. The maximum atomic E-state index is 11.1. The molecule has 1 amide bonds. The summed E-state index contributed by atoms with van der Waals surface area (Å²) >= 11 is 5.92. The molecule has 0 spiro atoms. The van der Waals surface area contributed by atoms with Gasteiger partial charge in [-0.1, -0.05) is 36.4 Å². The van der Waals surface area contributed by atoms with E-state index in [9.17, 15) is 4.79 Å². The molecule has 0 bridgehead atoms. The number of amides is 1. The highest BCUT2D eigenvalue weighted by Crippen LogP contribution is 2.29. The monoisotopic (exact) mass is 265 g/mol. The molecule has 0 aliphatic carbocycles. The molecular weight excluding hydrogens is 250 g/mol. The smallest absolute Gasteiger partial charge is 0.407 e. The summed E-state index contributed by atoms with van der Waals surface area (Å²) in [5.74, 6) is 0. The Balaban J connectivity index is 3.24. The van der Waals surface area contributed by atoms with Gasteiger partial charge in [-0.15, -0.1) is 6.58 Å². The minimum Gasteiger partial charge on any atom is -0.465 e. The number of carbonyl (C=O) groups is 1. The number of rotatable bonds is 5. The zero-order chi connectivity index (χ0) is 13.7. The van der Waals surface area contributed by atoms with Crippen LogP contribution in [0.1, 0.15) is 23.6 Å². The molecular formula is C14H16ClNO2. The summed E-state index contributed by atoms with van der Waals surface area (Å²) in [7, 11) is 1.54. The van der Waals surface area contributed by atoms with Crippen LogP contribution in [0.2, 0.25) is 5.02 Å². The third-order valence-corrected chi connectivity index (χ3v) is 3.02. The summed E-state index contributed by atoms with van der Waals surface area (Å²) in [5, 5.41) is 9.70. The van der Waals surface area contributed by atoms with E-state index in [0.29, 0.717) is 11.4 Å². The molecule has 1 atom stereocenters. The van der Waals surface area contributed by atoms with Gasteiger partial charge in [0, 0.05) is 12.1 Å². The van der Waals surface area contributed by atoms with Crippen LogP contribution in [0.25, 0.3) is 6.08 Å². The molecule has 0 radical (unpaired) electrons. The number of halogens is 1. The first-order chi connectivity index (χ1) is 8.51. The summed E-state index contributed by atoms with van der Waals surface area (Å²) in [6, 6.07) is 5.06. The van der Waals surface area contributed by atoms with Crippen LogP contribution in [-0.4, -0.2) is 23.1 Å². The van der Waals surface area contributed by atoms with Crippen molar-refractivity contribution in [3.8, 4) is 0 Å². The normalized spacial score (nSPS) is 11.7. The van der Waals surface area contributed by atoms with Crippen molar-refractivity contribution in [2.45, 2.75) is 12.5 Å². The number of benzene rings is 1.